The highest BCUT2D eigenvalue weighted by Crippen LogP contribution is 2.40. The van der Waals surface area contributed by atoms with Gasteiger partial charge in [0.05, 0.1) is 12.8 Å². The van der Waals surface area contributed by atoms with Gasteiger partial charge >= 0.3 is 0 Å². The predicted octanol–water partition coefficient (Wildman–Crippen LogP) is 8.48. The molecule has 3 aromatic carbocycles. The number of pyridine rings is 1. The third-order valence-electron chi connectivity index (χ3n) is 6.91. The van der Waals surface area contributed by atoms with Crippen LogP contribution in [-0.2, 0) is 6.54 Å². The summed E-state index contributed by atoms with van der Waals surface area (Å²) in [4.78, 5) is 13.0. The number of hydrogen-bond acceptors (Lipinski definition) is 6. The van der Waals surface area contributed by atoms with Crippen LogP contribution in [0.1, 0.15) is 37.5 Å². The minimum atomic E-state index is -0.288. The maximum absolute atomic E-state index is 15.3. The molecule has 0 saturated carbocycles. The van der Waals surface area contributed by atoms with Gasteiger partial charge in [-0.2, -0.15) is 0 Å². The number of halogens is 1. The van der Waals surface area contributed by atoms with Gasteiger partial charge in [0, 0.05) is 36.2 Å². The summed E-state index contributed by atoms with van der Waals surface area (Å²) in [6.45, 7) is 14.2. The first-order valence-corrected chi connectivity index (χ1v) is 13.3. The molecular formula is C33H36FN5O. The van der Waals surface area contributed by atoms with Crippen molar-refractivity contribution >= 4 is 35.8 Å². The number of ether oxygens (including phenoxy) is 1. The van der Waals surface area contributed by atoms with Crippen LogP contribution in [0.25, 0.3) is 22.3 Å². The Morgan fingerprint density at radius 3 is 2.40 bits per heavy atom. The van der Waals surface area contributed by atoms with E-state index in [1.54, 1.807) is 31.7 Å². The second-order valence-corrected chi connectivity index (χ2v) is 9.83. The first-order chi connectivity index (χ1) is 19.3. The fourth-order valence-corrected chi connectivity index (χ4v) is 4.79. The van der Waals surface area contributed by atoms with Gasteiger partial charge in [0.15, 0.2) is 5.82 Å². The van der Waals surface area contributed by atoms with Crippen molar-refractivity contribution in [2.45, 2.75) is 47.2 Å². The van der Waals surface area contributed by atoms with Gasteiger partial charge in [-0.3, -0.25) is 9.98 Å². The Kier molecular flexibility index (Phi) is 9.07. The minimum Gasteiger partial charge on any atom is -0.496 e. The molecular weight excluding hydrogens is 501 g/mol. The Labute approximate surface area is 236 Å². The van der Waals surface area contributed by atoms with E-state index in [1.807, 2.05) is 51.1 Å². The van der Waals surface area contributed by atoms with E-state index in [9.17, 15) is 0 Å². The van der Waals surface area contributed by atoms with E-state index in [2.05, 4.69) is 58.3 Å². The molecule has 0 spiro atoms. The van der Waals surface area contributed by atoms with E-state index in [0.717, 1.165) is 39.1 Å². The van der Waals surface area contributed by atoms with Gasteiger partial charge in [-0.15, -0.1) is 0 Å². The van der Waals surface area contributed by atoms with Crippen LogP contribution in [-0.4, -0.2) is 31.1 Å². The van der Waals surface area contributed by atoms with Crippen LogP contribution < -0.4 is 15.4 Å². The van der Waals surface area contributed by atoms with Gasteiger partial charge < -0.3 is 15.4 Å². The van der Waals surface area contributed by atoms with E-state index in [0.29, 0.717) is 35.1 Å². The molecule has 2 N–H and O–H groups in total. The first kappa shape index (κ1) is 28.6. The highest BCUT2D eigenvalue weighted by molar-refractivity contribution is 5.86. The molecule has 0 aliphatic rings. The number of aliphatic imine (C=N–C) groups is 2. The maximum atomic E-state index is 15.3. The molecule has 4 aromatic rings. The summed E-state index contributed by atoms with van der Waals surface area (Å²) in [6.07, 6.45) is 3.41. The fourth-order valence-electron chi connectivity index (χ4n) is 4.79. The quantitative estimate of drug-likeness (QED) is 0.199. The largest absolute Gasteiger partial charge is 0.496 e. The zero-order valence-electron chi connectivity index (χ0n) is 24.0. The molecule has 4 rings (SSSR count). The number of aromatic nitrogens is 1. The normalized spacial score (nSPS) is 11.3. The zero-order chi connectivity index (χ0) is 28.8. The number of rotatable bonds is 10. The molecule has 0 aliphatic heterocycles. The molecule has 0 fully saturated rings. The lowest BCUT2D eigenvalue weighted by Gasteiger charge is -2.19. The Bertz CT molecular complexity index is 1560. The molecule has 0 aliphatic carbocycles. The first-order valence-electron chi connectivity index (χ1n) is 13.3. The fraction of sp³-hybridized carbons (Fsp3) is 0.242. The number of anilines is 2. The van der Waals surface area contributed by atoms with Gasteiger partial charge in [0.2, 0.25) is 0 Å². The van der Waals surface area contributed by atoms with Crippen LogP contribution in [0.2, 0.25) is 0 Å². The summed E-state index contributed by atoms with van der Waals surface area (Å²) < 4.78 is 20.9. The topological polar surface area (TPSA) is 70.9 Å². The molecule has 0 unspecified atom stereocenters. The van der Waals surface area contributed by atoms with E-state index in [-0.39, 0.29) is 11.9 Å². The average molecular weight is 538 g/mol. The highest BCUT2D eigenvalue weighted by atomic mass is 19.1. The lowest BCUT2D eigenvalue weighted by atomic mass is 9.90. The Morgan fingerprint density at radius 2 is 1.73 bits per heavy atom. The van der Waals surface area contributed by atoms with E-state index >= 15 is 4.39 Å². The standard InChI is InChI=1S/C33H36FN5O/c1-8-36-30-15-16-37-33(32(30)35-6)39-29-14-10-13-26(22(29)5)25-12-9-11-24(21(25)4)23-17-28(34)27(19-38-20(2)3)31(18-23)40-7/h8-18,20,38H,6,19H2,1-5,7H3,(H,37,39)/b36-8-. The van der Waals surface area contributed by atoms with Gasteiger partial charge in [-0.25, -0.2) is 9.37 Å². The van der Waals surface area contributed by atoms with Crippen LogP contribution in [0.5, 0.6) is 5.75 Å². The molecule has 1 aromatic heterocycles. The van der Waals surface area contributed by atoms with Crippen LogP contribution in [0.3, 0.4) is 0 Å². The van der Waals surface area contributed by atoms with E-state index < -0.39 is 0 Å². The number of methoxy groups -OCH3 is 1. The summed E-state index contributed by atoms with van der Waals surface area (Å²) in [7, 11) is 1.58. The average Bonchev–Trinajstić information content (AvgIpc) is 2.93. The van der Waals surface area contributed by atoms with Crippen molar-refractivity contribution in [3.63, 3.8) is 0 Å². The third-order valence-corrected chi connectivity index (χ3v) is 6.91. The number of hydrogen-bond donors (Lipinski definition) is 2. The molecule has 0 radical (unpaired) electrons. The third kappa shape index (κ3) is 5.95. The van der Waals surface area contributed by atoms with E-state index in [1.165, 1.54) is 0 Å². The molecule has 0 atom stereocenters. The predicted molar refractivity (Wildman–Crippen MR) is 166 cm³/mol. The highest BCUT2D eigenvalue weighted by Gasteiger charge is 2.17. The number of nitrogens with one attached hydrogen (secondary N) is 2. The summed E-state index contributed by atoms with van der Waals surface area (Å²) in [5.74, 6) is 0.825. The lowest BCUT2D eigenvalue weighted by Crippen LogP contribution is -2.22. The minimum absolute atomic E-state index is 0.236. The molecule has 0 amide bonds. The van der Waals surface area contributed by atoms with Crippen molar-refractivity contribution in [1.82, 2.24) is 10.3 Å². The monoisotopic (exact) mass is 537 g/mol. The Balaban J connectivity index is 1.75. The second-order valence-electron chi connectivity index (χ2n) is 9.83. The summed E-state index contributed by atoms with van der Waals surface area (Å²) in [5.41, 5.74) is 8.63. The van der Waals surface area contributed by atoms with Crippen LogP contribution in [0.15, 0.2) is 70.8 Å². The molecule has 6 nitrogen and oxygen atoms in total. The zero-order valence-corrected chi connectivity index (χ0v) is 24.0. The molecule has 7 heteroatoms. The number of nitrogens with zero attached hydrogens (tertiary/aromatic N) is 3. The van der Waals surface area contributed by atoms with Gasteiger partial charge in [-0.1, -0.05) is 44.2 Å². The molecule has 0 saturated heterocycles. The summed E-state index contributed by atoms with van der Waals surface area (Å²) in [5, 5.41) is 6.70. The van der Waals surface area contributed by atoms with Crippen molar-refractivity contribution < 1.29 is 9.13 Å². The van der Waals surface area contributed by atoms with Crippen molar-refractivity contribution in [2.75, 3.05) is 12.4 Å². The van der Waals surface area contributed by atoms with Gasteiger partial charge in [-0.05, 0) is 85.1 Å². The van der Waals surface area contributed by atoms with Crippen molar-refractivity contribution in [1.29, 1.82) is 0 Å². The Hall–Kier alpha value is -4.36. The van der Waals surface area contributed by atoms with Crippen molar-refractivity contribution in [3.05, 3.63) is 83.3 Å². The second kappa shape index (κ2) is 12.7. The van der Waals surface area contributed by atoms with Crippen LogP contribution >= 0.6 is 0 Å². The molecule has 206 valence electrons. The van der Waals surface area contributed by atoms with Gasteiger partial charge in [0.25, 0.3) is 0 Å². The van der Waals surface area contributed by atoms with Crippen LogP contribution in [0, 0.1) is 19.7 Å². The lowest BCUT2D eigenvalue weighted by molar-refractivity contribution is 0.400. The smallest absolute Gasteiger partial charge is 0.158 e. The number of benzene rings is 3. The molecule has 40 heavy (non-hydrogen) atoms. The summed E-state index contributed by atoms with van der Waals surface area (Å²) in [6, 6.07) is 17.8. The summed E-state index contributed by atoms with van der Waals surface area (Å²) >= 11 is 0. The SMILES string of the molecule is C=Nc1c(/N=C\C)ccnc1Nc1cccc(-c2cccc(-c3cc(F)c(CNC(C)C)c(OC)c3)c2C)c1C. The molecule has 1 heterocycles. The van der Waals surface area contributed by atoms with Crippen molar-refractivity contribution in [3.8, 4) is 28.0 Å². The van der Waals surface area contributed by atoms with Crippen molar-refractivity contribution in [2.24, 2.45) is 9.98 Å². The Morgan fingerprint density at radius 1 is 1.02 bits per heavy atom. The van der Waals surface area contributed by atoms with Gasteiger partial charge in [0.1, 0.15) is 17.3 Å². The van der Waals surface area contributed by atoms with E-state index in [4.69, 9.17) is 4.74 Å². The molecule has 0 bridgehead atoms. The maximum Gasteiger partial charge on any atom is 0.158 e. The van der Waals surface area contributed by atoms with Crippen LogP contribution in [0.4, 0.5) is 27.3 Å².